The average molecular weight is 443 g/mol. The van der Waals surface area contributed by atoms with E-state index in [9.17, 15) is 14.4 Å². The van der Waals surface area contributed by atoms with E-state index in [0.717, 1.165) is 5.56 Å². The Morgan fingerprint density at radius 3 is 1.78 bits per heavy atom. The summed E-state index contributed by atoms with van der Waals surface area (Å²) in [6.45, 7) is 3.68. The van der Waals surface area contributed by atoms with Crippen LogP contribution in [0.5, 0.6) is 11.5 Å². The molecule has 0 aliphatic carbocycles. The fourth-order valence-corrected chi connectivity index (χ4v) is 3.10. The van der Waals surface area contributed by atoms with E-state index >= 15 is 0 Å². The predicted octanol–water partition coefficient (Wildman–Crippen LogP) is 2.79. The number of Topliss-reactive ketones (excluding diaryl/α,β-unsaturated/α-hetero) is 1. The Kier molecular flexibility index (Phi) is 9.69. The molecule has 32 heavy (non-hydrogen) atoms. The molecule has 8 heteroatoms. The van der Waals surface area contributed by atoms with E-state index < -0.39 is 29.7 Å². The molecule has 172 valence electrons. The Hall–Kier alpha value is -3.39. The Balaban J connectivity index is 2.35. The molecule has 0 saturated carbocycles. The Bertz CT molecular complexity index is 894. The third kappa shape index (κ3) is 6.55. The molecule has 2 aromatic rings. The number of ketones is 1. The third-order valence-corrected chi connectivity index (χ3v) is 4.76. The standard InChI is InChI=1S/C24H29NO7/c1-5-31-23(27)20(22(26)17-9-13-19(30-4)14-10-17)21(24(28)32-6-2)25-15-16-7-11-18(29-3)12-8-16/h7-14,20-21,25H,5-6,15H2,1-4H3. The number of ether oxygens (including phenoxy) is 4. The molecule has 2 atom stereocenters. The van der Waals surface area contributed by atoms with Crippen molar-refractivity contribution in [3.63, 3.8) is 0 Å². The van der Waals surface area contributed by atoms with Crippen molar-refractivity contribution in [2.45, 2.75) is 26.4 Å². The monoisotopic (exact) mass is 443 g/mol. The van der Waals surface area contributed by atoms with Gasteiger partial charge in [-0.3, -0.25) is 19.7 Å². The number of carbonyl (C=O) groups is 3. The number of esters is 2. The highest BCUT2D eigenvalue weighted by atomic mass is 16.5. The summed E-state index contributed by atoms with van der Waals surface area (Å²) in [6, 6.07) is 12.3. The smallest absolute Gasteiger partial charge is 0.324 e. The molecule has 0 aliphatic heterocycles. The first-order valence-corrected chi connectivity index (χ1v) is 10.3. The van der Waals surface area contributed by atoms with Gasteiger partial charge in [0.25, 0.3) is 0 Å². The lowest BCUT2D eigenvalue weighted by molar-refractivity contribution is -0.155. The molecule has 2 rings (SSSR count). The predicted molar refractivity (Wildman–Crippen MR) is 118 cm³/mol. The summed E-state index contributed by atoms with van der Waals surface area (Å²) in [5.74, 6) is -2.22. The van der Waals surface area contributed by atoms with E-state index in [0.29, 0.717) is 11.5 Å². The van der Waals surface area contributed by atoms with Gasteiger partial charge in [-0.05, 0) is 55.8 Å². The average Bonchev–Trinajstić information content (AvgIpc) is 2.82. The first-order valence-electron chi connectivity index (χ1n) is 10.3. The van der Waals surface area contributed by atoms with Crippen LogP contribution in [0.1, 0.15) is 29.8 Å². The topological polar surface area (TPSA) is 100 Å². The van der Waals surface area contributed by atoms with Gasteiger partial charge < -0.3 is 18.9 Å². The van der Waals surface area contributed by atoms with Crippen LogP contribution in [0.3, 0.4) is 0 Å². The van der Waals surface area contributed by atoms with Crippen LogP contribution < -0.4 is 14.8 Å². The lowest BCUT2D eigenvalue weighted by atomic mass is 9.90. The molecule has 0 spiro atoms. The number of rotatable bonds is 12. The Morgan fingerprint density at radius 1 is 0.781 bits per heavy atom. The summed E-state index contributed by atoms with van der Waals surface area (Å²) < 4.78 is 20.6. The number of hydrogen-bond donors (Lipinski definition) is 1. The lowest BCUT2D eigenvalue weighted by Crippen LogP contribution is -2.50. The highest BCUT2D eigenvalue weighted by Gasteiger charge is 2.41. The van der Waals surface area contributed by atoms with E-state index in [4.69, 9.17) is 18.9 Å². The summed E-state index contributed by atoms with van der Waals surface area (Å²) in [6.07, 6.45) is 0. The second-order valence-electron chi connectivity index (χ2n) is 6.78. The number of benzene rings is 2. The van der Waals surface area contributed by atoms with Gasteiger partial charge in [-0.2, -0.15) is 0 Å². The van der Waals surface area contributed by atoms with Crippen molar-refractivity contribution >= 4 is 17.7 Å². The Morgan fingerprint density at radius 2 is 1.28 bits per heavy atom. The van der Waals surface area contributed by atoms with Gasteiger partial charge in [0.2, 0.25) is 0 Å². The van der Waals surface area contributed by atoms with Crippen molar-refractivity contribution in [3.8, 4) is 11.5 Å². The van der Waals surface area contributed by atoms with Crippen LogP contribution >= 0.6 is 0 Å². The number of nitrogens with one attached hydrogen (secondary N) is 1. The second-order valence-corrected chi connectivity index (χ2v) is 6.78. The van der Waals surface area contributed by atoms with Gasteiger partial charge >= 0.3 is 11.9 Å². The first kappa shape index (κ1) is 24.9. The first-order chi connectivity index (χ1) is 15.4. The number of carbonyl (C=O) groups excluding carboxylic acids is 3. The van der Waals surface area contributed by atoms with Gasteiger partial charge in [-0.25, -0.2) is 0 Å². The maximum absolute atomic E-state index is 13.3. The van der Waals surface area contributed by atoms with Crippen LogP contribution in [0, 0.1) is 5.92 Å². The second kappa shape index (κ2) is 12.5. The van der Waals surface area contributed by atoms with Crippen molar-refractivity contribution in [2.75, 3.05) is 27.4 Å². The molecule has 2 unspecified atom stereocenters. The molecule has 0 fully saturated rings. The van der Waals surface area contributed by atoms with Crippen LogP contribution in [-0.2, 0) is 25.6 Å². The number of methoxy groups -OCH3 is 2. The van der Waals surface area contributed by atoms with Gasteiger partial charge in [-0.15, -0.1) is 0 Å². The quantitative estimate of drug-likeness (QED) is 0.304. The summed E-state index contributed by atoms with van der Waals surface area (Å²) in [7, 11) is 3.08. The maximum atomic E-state index is 13.3. The van der Waals surface area contributed by atoms with Gasteiger partial charge in [0.15, 0.2) is 5.78 Å². The van der Waals surface area contributed by atoms with Crippen molar-refractivity contribution in [3.05, 3.63) is 59.7 Å². The minimum Gasteiger partial charge on any atom is -0.497 e. The van der Waals surface area contributed by atoms with Crippen molar-refractivity contribution in [1.82, 2.24) is 5.32 Å². The molecule has 0 aromatic heterocycles. The van der Waals surface area contributed by atoms with Crippen LogP contribution in [0.2, 0.25) is 0 Å². The molecule has 0 amide bonds. The minimum absolute atomic E-state index is 0.0687. The fourth-order valence-electron chi connectivity index (χ4n) is 3.10. The van der Waals surface area contributed by atoms with Gasteiger partial charge in [0.1, 0.15) is 23.5 Å². The Labute approximate surface area is 187 Å². The van der Waals surface area contributed by atoms with Crippen LogP contribution in [-0.4, -0.2) is 51.2 Å². The highest BCUT2D eigenvalue weighted by Crippen LogP contribution is 2.20. The number of hydrogen-bond acceptors (Lipinski definition) is 8. The molecule has 0 heterocycles. The molecule has 1 N–H and O–H groups in total. The molecule has 8 nitrogen and oxygen atoms in total. The van der Waals surface area contributed by atoms with Crippen molar-refractivity contribution in [2.24, 2.45) is 5.92 Å². The molecule has 0 radical (unpaired) electrons. The SMILES string of the molecule is CCOC(=O)C(NCc1ccc(OC)cc1)C(C(=O)OCC)C(=O)c1ccc(OC)cc1. The highest BCUT2D eigenvalue weighted by molar-refractivity contribution is 6.11. The largest absolute Gasteiger partial charge is 0.497 e. The van der Waals surface area contributed by atoms with E-state index in [1.807, 2.05) is 12.1 Å². The zero-order valence-electron chi connectivity index (χ0n) is 18.8. The molecular formula is C24H29NO7. The van der Waals surface area contributed by atoms with E-state index in [1.165, 1.54) is 7.11 Å². The van der Waals surface area contributed by atoms with E-state index in [2.05, 4.69) is 5.32 Å². The zero-order chi connectivity index (χ0) is 23.5. The fraction of sp³-hybridized carbons (Fsp3) is 0.375. The normalized spacial score (nSPS) is 12.4. The van der Waals surface area contributed by atoms with Gasteiger partial charge in [0, 0.05) is 12.1 Å². The van der Waals surface area contributed by atoms with Crippen LogP contribution in [0.15, 0.2) is 48.5 Å². The molecule has 2 aromatic carbocycles. The zero-order valence-corrected chi connectivity index (χ0v) is 18.8. The van der Waals surface area contributed by atoms with Crippen molar-refractivity contribution in [1.29, 1.82) is 0 Å². The molecule has 0 bridgehead atoms. The third-order valence-electron chi connectivity index (χ3n) is 4.76. The summed E-state index contributed by atoms with van der Waals surface area (Å²) in [5, 5.41) is 3.01. The minimum atomic E-state index is -1.42. The summed E-state index contributed by atoms with van der Waals surface area (Å²) in [4.78, 5) is 38.9. The van der Waals surface area contributed by atoms with E-state index in [1.54, 1.807) is 57.4 Å². The van der Waals surface area contributed by atoms with Crippen LogP contribution in [0.25, 0.3) is 0 Å². The van der Waals surface area contributed by atoms with Gasteiger partial charge in [0.05, 0.1) is 27.4 Å². The lowest BCUT2D eigenvalue weighted by Gasteiger charge is -2.24. The van der Waals surface area contributed by atoms with Gasteiger partial charge in [-0.1, -0.05) is 12.1 Å². The molecule has 0 aliphatic rings. The molecule has 0 saturated heterocycles. The summed E-state index contributed by atoms with van der Waals surface area (Å²) in [5.41, 5.74) is 1.09. The molecular weight excluding hydrogens is 414 g/mol. The van der Waals surface area contributed by atoms with E-state index in [-0.39, 0.29) is 25.3 Å². The van der Waals surface area contributed by atoms with Crippen LogP contribution in [0.4, 0.5) is 0 Å². The van der Waals surface area contributed by atoms with Crippen molar-refractivity contribution < 1.29 is 33.3 Å². The maximum Gasteiger partial charge on any atom is 0.324 e. The summed E-state index contributed by atoms with van der Waals surface area (Å²) >= 11 is 0.